The predicted octanol–water partition coefficient (Wildman–Crippen LogP) is 1.29. The number of pyridine rings is 1. The summed E-state index contributed by atoms with van der Waals surface area (Å²) in [5, 5.41) is 0. The number of benzene rings is 1. The number of fused-ring (bicyclic) bond motifs is 1. The molecule has 2 aromatic rings. The van der Waals surface area contributed by atoms with E-state index in [-0.39, 0.29) is 11.4 Å². The minimum atomic E-state index is -3.60. The Morgan fingerprint density at radius 3 is 2.80 bits per heavy atom. The summed E-state index contributed by atoms with van der Waals surface area (Å²) in [6.07, 6.45) is 2.28. The maximum Gasteiger partial charge on any atom is 0.266 e. The smallest absolute Gasteiger partial charge is 0.266 e. The van der Waals surface area contributed by atoms with Gasteiger partial charge in [0.1, 0.15) is 4.90 Å². The number of hydrogen-bond acceptors (Lipinski definition) is 4. The summed E-state index contributed by atoms with van der Waals surface area (Å²) < 4.78 is 27.1. The molecule has 1 aliphatic rings. The van der Waals surface area contributed by atoms with Crippen molar-refractivity contribution < 1.29 is 8.42 Å². The first kappa shape index (κ1) is 13.1. The van der Waals surface area contributed by atoms with Crippen LogP contribution in [0.15, 0.2) is 47.5 Å². The summed E-state index contributed by atoms with van der Waals surface area (Å²) >= 11 is 0. The van der Waals surface area contributed by atoms with Crippen LogP contribution in [0.3, 0.4) is 0 Å². The van der Waals surface area contributed by atoms with E-state index in [4.69, 9.17) is 5.73 Å². The van der Waals surface area contributed by atoms with Gasteiger partial charge in [-0.3, -0.25) is 9.29 Å². The molecule has 104 valence electrons. The molecule has 0 aliphatic carbocycles. The molecule has 5 nitrogen and oxygen atoms in total. The number of rotatable bonds is 3. The third-order valence-corrected chi connectivity index (χ3v) is 5.34. The number of aromatic nitrogens is 1. The Balaban J connectivity index is 2.10. The average molecular weight is 289 g/mol. The van der Waals surface area contributed by atoms with Gasteiger partial charge in [0.05, 0.1) is 11.4 Å². The molecule has 0 bridgehead atoms. The molecule has 0 unspecified atom stereocenters. The molecule has 20 heavy (non-hydrogen) atoms. The Morgan fingerprint density at radius 1 is 1.20 bits per heavy atom. The normalized spacial score (nSPS) is 14.3. The Bertz CT molecular complexity index is 744. The van der Waals surface area contributed by atoms with Crippen molar-refractivity contribution in [3.63, 3.8) is 0 Å². The quantitative estimate of drug-likeness (QED) is 0.923. The molecule has 0 saturated heterocycles. The number of anilines is 1. The van der Waals surface area contributed by atoms with Crippen molar-refractivity contribution in [3.05, 3.63) is 53.9 Å². The number of hydrogen-bond donors (Lipinski definition) is 1. The molecule has 0 amide bonds. The fourth-order valence-electron chi connectivity index (χ4n) is 2.49. The van der Waals surface area contributed by atoms with Crippen LogP contribution in [-0.2, 0) is 23.0 Å². The zero-order chi connectivity index (χ0) is 14.2. The van der Waals surface area contributed by atoms with Gasteiger partial charge >= 0.3 is 0 Å². The molecule has 1 aromatic carbocycles. The first-order valence-corrected chi connectivity index (χ1v) is 7.83. The van der Waals surface area contributed by atoms with Crippen LogP contribution < -0.4 is 10.0 Å². The monoisotopic (exact) mass is 289 g/mol. The van der Waals surface area contributed by atoms with E-state index in [1.54, 1.807) is 18.3 Å². The topological polar surface area (TPSA) is 76.3 Å². The molecule has 1 aromatic heterocycles. The maximum absolute atomic E-state index is 12.8. The summed E-state index contributed by atoms with van der Waals surface area (Å²) in [5.74, 6) is 0. The SMILES string of the molecule is NCc1ncccc1S(=O)(=O)N1CCc2ccccc21. The first-order valence-electron chi connectivity index (χ1n) is 6.39. The summed E-state index contributed by atoms with van der Waals surface area (Å²) in [7, 11) is -3.60. The van der Waals surface area contributed by atoms with E-state index in [0.717, 1.165) is 17.7 Å². The zero-order valence-electron chi connectivity index (χ0n) is 10.9. The van der Waals surface area contributed by atoms with Crippen LogP contribution in [0, 0.1) is 0 Å². The van der Waals surface area contributed by atoms with E-state index in [0.29, 0.717) is 12.2 Å². The second-order valence-corrected chi connectivity index (χ2v) is 6.44. The van der Waals surface area contributed by atoms with Gasteiger partial charge in [0.2, 0.25) is 0 Å². The van der Waals surface area contributed by atoms with Crippen LogP contribution >= 0.6 is 0 Å². The number of nitrogens with two attached hydrogens (primary N) is 1. The molecule has 2 N–H and O–H groups in total. The molecule has 6 heteroatoms. The Labute approximate surface area is 118 Å². The van der Waals surface area contributed by atoms with Gasteiger partial charge in [-0.2, -0.15) is 0 Å². The predicted molar refractivity (Wildman–Crippen MR) is 76.8 cm³/mol. The molecule has 0 saturated carbocycles. The van der Waals surface area contributed by atoms with Crippen LogP contribution in [0.2, 0.25) is 0 Å². The van der Waals surface area contributed by atoms with Gasteiger partial charge in [0.15, 0.2) is 0 Å². The second-order valence-electron chi connectivity index (χ2n) is 4.61. The van der Waals surface area contributed by atoms with Crippen molar-refractivity contribution in [2.75, 3.05) is 10.8 Å². The van der Waals surface area contributed by atoms with Crippen molar-refractivity contribution in [2.24, 2.45) is 5.73 Å². The molecule has 2 heterocycles. The third kappa shape index (κ3) is 1.97. The molecule has 0 spiro atoms. The lowest BCUT2D eigenvalue weighted by atomic mass is 10.2. The van der Waals surface area contributed by atoms with Crippen LogP contribution in [0.25, 0.3) is 0 Å². The van der Waals surface area contributed by atoms with Gasteiger partial charge < -0.3 is 5.73 Å². The van der Waals surface area contributed by atoms with Crippen LogP contribution in [0.1, 0.15) is 11.3 Å². The lowest BCUT2D eigenvalue weighted by molar-refractivity contribution is 0.590. The minimum absolute atomic E-state index is 0.102. The lowest BCUT2D eigenvalue weighted by Gasteiger charge is -2.20. The summed E-state index contributed by atoms with van der Waals surface area (Å²) in [5.41, 5.74) is 7.79. The average Bonchev–Trinajstić information content (AvgIpc) is 2.92. The highest BCUT2D eigenvalue weighted by molar-refractivity contribution is 7.92. The highest BCUT2D eigenvalue weighted by atomic mass is 32.2. The van der Waals surface area contributed by atoms with Crippen molar-refractivity contribution >= 4 is 15.7 Å². The van der Waals surface area contributed by atoms with Crippen molar-refractivity contribution in [1.29, 1.82) is 0 Å². The van der Waals surface area contributed by atoms with E-state index in [1.165, 1.54) is 4.31 Å². The van der Waals surface area contributed by atoms with E-state index in [2.05, 4.69) is 4.98 Å². The van der Waals surface area contributed by atoms with Crippen molar-refractivity contribution in [2.45, 2.75) is 17.9 Å². The van der Waals surface area contributed by atoms with E-state index in [9.17, 15) is 8.42 Å². The van der Waals surface area contributed by atoms with Gasteiger partial charge in [-0.05, 0) is 30.2 Å². The Morgan fingerprint density at radius 2 is 2.00 bits per heavy atom. The molecular formula is C14H15N3O2S. The lowest BCUT2D eigenvalue weighted by Crippen LogP contribution is -2.30. The Hall–Kier alpha value is -1.92. The van der Waals surface area contributed by atoms with Crippen molar-refractivity contribution in [1.82, 2.24) is 4.98 Å². The second kappa shape index (κ2) is 4.88. The van der Waals surface area contributed by atoms with Gasteiger partial charge in [0, 0.05) is 19.3 Å². The van der Waals surface area contributed by atoms with Crippen LogP contribution in [0.4, 0.5) is 5.69 Å². The number of para-hydroxylation sites is 1. The largest absolute Gasteiger partial charge is 0.325 e. The summed E-state index contributed by atoms with van der Waals surface area (Å²) in [6, 6.07) is 10.7. The third-order valence-electron chi connectivity index (χ3n) is 3.45. The first-order chi connectivity index (χ1) is 9.64. The highest BCUT2D eigenvalue weighted by Crippen LogP contribution is 2.33. The molecule has 3 rings (SSSR count). The van der Waals surface area contributed by atoms with Gasteiger partial charge in [-0.15, -0.1) is 0 Å². The molecular weight excluding hydrogens is 274 g/mol. The summed E-state index contributed by atoms with van der Waals surface area (Å²) in [6.45, 7) is 0.561. The maximum atomic E-state index is 12.8. The fraction of sp³-hybridized carbons (Fsp3) is 0.214. The number of sulfonamides is 1. The van der Waals surface area contributed by atoms with E-state index >= 15 is 0 Å². The van der Waals surface area contributed by atoms with Crippen LogP contribution in [0.5, 0.6) is 0 Å². The van der Waals surface area contributed by atoms with E-state index < -0.39 is 10.0 Å². The standard InChI is InChI=1S/C14H15N3O2S/c15-10-12-14(6-3-8-16-12)20(18,19)17-9-7-11-4-1-2-5-13(11)17/h1-6,8H,7,9-10,15H2. The summed E-state index contributed by atoms with van der Waals surface area (Å²) in [4.78, 5) is 4.25. The van der Waals surface area contributed by atoms with Gasteiger partial charge in [-0.1, -0.05) is 18.2 Å². The molecule has 0 atom stereocenters. The Kier molecular flexibility index (Phi) is 3.19. The fourth-order valence-corrected chi connectivity index (χ4v) is 4.18. The highest BCUT2D eigenvalue weighted by Gasteiger charge is 2.32. The van der Waals surface area contributed by atoms with Crippen LogP contribution in [-0.4, -0.2) is 19.9 Å². The molecule has 0 fully saturated rings. The molecule has 0 radical (unpaired) electrons. The zero-order valence-corrected chi connectivity index (χ0v) is 11.7. The van der Waals surface area contributed by atoms with Crippen molar-refractivity contribution in [3.8, 4) is 0 Å². The van der Waals surface area contributed by atoms with Gasteiger partial charge in [0.25, 0.3) is 10.0 Å². The van der Waals surface area contributed by atoms with Gasteiger partial charge in [-0.25, -0.2) is 8.42 Å². The molecule has 1 aliphatic heterocycles. The number of nitrogens with zero attached hydrogens (tertiary/aromatic N) is 2. The van der Waals surface area contributed by atoms with E-state index in [1.807, 2.05) is 24.3 Å². The minimum Gasteiger partial charge on any atom is -0.325 e.